The Kier molecular flexibility index (Phi) is 3.92. The highest BCUT2D eigenvalue weighted by Gasteiger charge is 2.27. The summed E-state index contributed by atoms with van der Waals surface area (Å²) in [7, 11) is 0. The molecule has 1 aliphatic rings. The van der Waals surface area contributed by atoms with E-state index in [4.69, 9.17) is 5.21 Å². The molecule has 1 fully saturated rings. The van der Waals surface area contributed by atoms with E-state index in [0.29, 0.717) is 31.6 Å². The van der Waals surface area contributed by atoms with Crippen molar-refractivity contribution in [1.29, 1.82) is 0 Å². The molecule has 7 nitrogen and oxygen atoms in total. The highest BCUT2D eigenvalue weighted by Crippen LogP contribution is 2.22. The van der Waals surface area contributed by atoms with E-state index in [1.54, 1.807) is 0 Å². The molecule has 1 N–H and O–H groups in total. The lowest BCUT2D eigenvalue weighted by molar-refractivity contribution is -0.385. The van der Waals surface area contributed by atoms with E-state index in [9.17, 15) is 19.3 Å². The molecule has 1 aromatic rings. The lowest BCUT2D eigenvalue weighted by Gasteiger charge is -2.27. The fraction of sp³-hybridized carbons (Fsp3) is 0.333. The maximum atomic E-state index is 13.0. The fourth-order valence-corrected chi connectivity index (χ4v) is 2.07. The Hall–Kier alpha value is -2.51. The summed E-state index contributed by atoms with van der Waals surface area (Å²) in [5.74, 6) is -1.28. The van der Waals surface area contributed by atoms with Gasteiger partial charge in [0.2, 0.25) is 0 Å². The van der Waals surface area contributed by atoms with Crippen molar-refractivity contribution in [3.05, 3.63) is 39.7 Å². The first-order chi connectivity index (χ1) is 9.52. The quantitative estimate of drug-likeness (QED) is 0.508. The molecule has 0 saturated carbocycles. The minimum atomic E-state index is -0.777. The van der Waals surface area contributed by atoms with Crippen LogP contribution in [-0.4, -0.2) is 39.7 Å². The van der Waals surface area contributed by atoms with Crippen molar-refractivity contribution in [1.82, 2.24) is 4.90 Å². The van der Waals surface area contributed by atoms with Crippen LogP contribution in [0.3, 0.4) is 0 Å². The van der Waals surface area contributed by atoms with Gasteiger partial charge in [0.25, 0.3) is 11.6 Å². The first kappa shape index (κ1) is 13.9. The van der Waals surface area contributed by atoms with E-state index in [1.165, 1.54) is 4.90 Å². The van der Waals surface area contributed by atoms with Crippen molar-refractivity contribution in [2.75, 3.05) is 13.1 Å². The molecule has 0 aromatic heterocycles. The molecule has 2 rings (SSSR count). The molecule has 1 amide bonds. The SMILES string of the molecule is O=C(c1ccc(F)cc1[N+](=O)[O-])N1CCC(=NO)CC1. The number of hydrogen-bond acceptors (Lipinski definition) is 5. The van der Waals surface area contributed by atoms with E-state index in [-0.39, 0.29) is 5.56 Å². The topological polar surface area (TPSA) is 96.0 Å². The first-order valence-corrected chi connectivity index (χ1v) is 5.96. The Morgan fingerprint density at radius 2 is 2.05 bits per heavy atom. The molecule has 0 atom stereocenters. The molecule has 1 saturated heterocycles. The van der Waals surface area contributed by atoms with Crippen LogP contribution in [0.4, 0.5) is 10.1 Å². The van der Waals surface area contributed by atoms with Crippen LogP contribution in [0, 0.1) is 15.9 Å². The van der Waals surface area contributed by atoms with Crippen LogP contribution in [0.25, 0.3) is 0 Å². The Morgan fingerprint density at radius 1 is 1.40 bits per heavy atom. The Labute approximate surface area is 113 Å². The Morgan fingerprint density at radius 3 is 2.60 bits per heavy atom. The van der Waals surface area contributed by atoms with Gasteiger partial charge in [0, 0.05) is 25.9 Å². The lowest BCUT2D eigenvalue weighted by atomic mass is 10.1. The average Bonchev–Trinajstić information content (AvgIpc) is 2.46. The molecule has 8 heteroatoms. The van der Waals surface area contributed by atoms with Gasteiger partial charge in [0.1, 0.15) is 11.4 Å². The number of amides is 1. The van der Waals surface area contributed by atoms with Gasteiger partial charge in [-0.25, -0.2) is 4.39 Å². The van der Waals surface area contributed by atoms with E-state index < -0.39 is 22.3 Å². The molecule has 0 radical (unpaired) electrons. The van der Waals surface area contributed by atoms with Gasteiger partial charge >= 0.3 is 0 Å². The number of halogens is 1. The zero-order valence-electron chi connectivity index (χ0n) is 10.5. The molecule has 0 unspecified atom stereocenters. The average molecular weight is 281 g/mol. The molecular weight excluding hydrogens is 269 g/mol. The van der Waals surface area contributed by atoms with Crippen LogP contribution < -0.4 is 0 Å². The third kappa shape index (κ3) is 2.73. The molecular formula is C12H12FN3O4. The lowest BCUT2D eigenvalue weighted by Crippen LogP contribution is -2.38. The molecule has 20 heavy (non-hydrogen) atoms. The van der Waals surface area contributed by atoms with Gasteiger partial charge in [-0.05, 0) is 12.1 Å². The largest absolute Gasteiger partial charge is 0.411 e. The van der Waals surface area contributed by atoms with Gasteiger partial charge in [-0.15, -0.1) is 0 Å². The third-order valence-corrected chi connectivity index (χ3v) is 3.16. The number of piperidine rings is 1. The predicted molar refractivity (Wildman–Crippen MR) is 67.4 cm³/mol. The van der Waals surface area contributed by atoms with E-state index in [0.717, 1.165) is 18.2 Å². The zero-order valence-corrected chi connectivity index (χ0v) is 10.5. The summed E-state index contributed by atoms with van der Waals surface area (Å²) in [6.45, 7) is 0.625. The first-order valence-electron chi connectivity index (χ1n) is 5.96. The van der Waals surface area contributed by atoms with Crippen LogP contribution in [0.1, 0.15) is 23.2 Å². The molecule has 1 heterocycles. The number of nitro groups is 1. The Bertz CT molecular complexity index is 578. The molecule has 1 aliphatic heterocycles. The maximum absolute atomic E-state index is 13.0. The standard InChI is InChI=1S/C12H12FN3O4/c13-8-1-2-10(11(7-8)16(19)20)12(17)15-5-3-9(14-18)4-6-15/h1-2,7,18H,3-6H2. The number of carbonyl (C=O) groups is 1. The summed E-state index contributed by atoms with van der Waals surface area (Å²) in [5.41, 5.74) is -0.0972. The number of likely N-dealkylation sites (tertiary alicyclic amines) is 1. The number of oxime groups is 1. The van der Waals surface area contributed by atoms with Gasteiger partial charge in [-0.3, -0.25) is 14.9 Å². The Balaban J connectivity index is 2.24. The number of nitro benzene ring substituents is 1. The highest BCUT2D eigenvalue weighted by molar-refractivity contribution is 5.99. The molecule has 1 aromatic carbocycles. The number of nitrogens with zero attached hydrogens (tertiary/aromatic N) is 3. The van der Waals surface area contributed by atoms with Crippen molar-refractivity contribution < 1.29 is 19.3 Å². The smallest absolute Gasteiger partial charge is 0.285 e. The molecule has 106 valence electrons. The van der Waals surface area contributed by atoms with Crippen LogP contribution >= 0.6 is 0 Å². The summed E-state index contributed by atoms with van der Waals surface area (Å²) in [4.78, 5) is 23.8. The summed E-state index contributed by atoms with van der Waals surface area (Å²) < 4.78 is 13.0. The summed E-state index contributed by atoms with van der Waals surface area (Å²) in [6, 6.07) is 2.87. The number of benzene rings is 1. The van der Waals surface area contributed by atoms with Crippen molar-refractivity contribution in [3.8, 4) is 0 Å². The van der Waals surface area contributed by atoms with Crippen molar-refractivity contribution in [2.24, 2.45) is 5.16 Å². The van der Waals surface area contributed by atoms with Crippen LogP contribution in [-0.2, 0) is 0 Å². The summed E-state index contributed by atoms with van der Waals surface area (Å²) in [5, 5.41) is 22.6. The summed E-state index contributed by atoms with van der Waals surface area (Å²) in [6.07, 6.45) is 0.828. The van der Waals surface area contributed by atoms with E-state index in [2.05, 4.69) is 5.16 Å². The maximum Gasteiger partial charge on any atom is 0.285 e. The second-order valence-electron chi connectivity index (χ2n) is 4.38. The molecule has 0 spiro atoms. The van der Waals surface area contributed by atoms with Crippen LogP contribution in [0.15, 0.2) is 23.4 Å². The second-order valence-corrected chi connectivity index (χ2v) is 4.38. The minimum Gasteiger partial charge on any atom is -0.411 e. The van der Waals surface area contributed by atoms with Crippen LogP contribution in [0.2, 0.25) is 0 Å². The monoisotopic (exact) mass is 281 g/mol. The normalized spacial score (nSPS) is 15.1. The van der Waals surface area contributed by atoms with Gasteiger partial charge < -0.3 is 10.1 Å². The van der Waals surface area contributed by atoms with Gasteiger partial charge in [0.05, 0.1) is 16.7 Å². The van der Waals surface area contributed by atoms with Crippen molar-refractivity contribution in [3.63, 3.8) is 0 Å². The minimum absolute atomic E-state index is 0.138. The van der Waals surface area contributed by atoms with Crippen LogP contribution in [0.5, 0.6) is 0 Å². The number of rotatable bonds is 2. The van der Waals surface area contributed by atoms with E-state index in [1.807, 2.05) is 0 Å². The number of hydrogen-bond donors (Lipinski definition) is 1. The highest BCUT2D eigenvalue weighted by atomic mass is 19.1. The van der Waals surface area contributed by atoms with Gasteiger partial charge in [0.15, 0.2) is 0 Å². The third-order valence-electron chi connectivity index (χ3n) is 3.16. The molecule has 0 bridgehead atoms. The van der Waals surface area contributed by atoms with Crippen molar-refractivity contribution >= 4 is 17.3 Å². The zero-order chi connectivity index (χ0) is 14.7. The van der Waals surface area contributed by atoms with E-state index >= 15 is 0 Å². The number of carbonyl (C=O) groups excluding carboxylic acids is 1. The molecule has 0 aliphatic carbocycles. The predicted octanol–water partition coefficient (Wildman–Crippen LogP) is 1.80. The second kappa shape index (κ2) is 5.64. The van der Waals surface area contributed by atoms with Gasteiger partial charge in [-0.1, -0.05) is 5.16 Å². The fourth-order valence-electron chi connectivity index (χ4n) is 2.07. The van der Waals surface area contributed by atoms with Gasteiger partial charge in [-0.2, -0.15) is 0 Å². The summed E-state index contributed by atoms with van der Waals surface area (Å²) >= 11 is 0. The van der Waals surface area contributed by atoms with Crippen molar-refractivity contribution in [2.45, 2.75) is 12.8 Å².